The quantitative estimate of drug-likeness (QED) is 0.141. The van der Waals surface area contributed by atoms with Gasteiger partial charge in [0.05, 0.1) is 23.6 Å². The average molecular weight is 759 g/mol. The second-order valence-corrected chi connectivity index (χ2v) is 13.5. The van der Waals surface area contributed by atoms with Crippen molar-refractivity contribution >= 4 is 50.6 Å². The number of amides is 2. The van der Waals surface area contributed by atoms with Crippen LogP contribution in [0.3, 0.4) is 0 Å². The Hall–Kier alpha value is -5.88. The third-order valence-electron chi connectivity index (χ3n) is 7.68. The van der Waals surface area contributed by atoms with Gasteiger partial charge in [-0.25, -0.2) is 27.0 Å². The minimum atomic E-state index is -5.08. The first-order valence-electron chi connectivity index (χ1n) is 15.7. The molecular weight excluding hydrogens is 724 g/mol. The van der Waals surface area contributed by atoms with Gasteiger partial charge in [-0.3, -0.25) is 9.59 Å². The van der Waals surface area contributed by atoms with Gasteiger partial charge in [-0.2, -0.15) is 18.2 Å². The fourth-order valence-corrected chi connectivity index (χ4v) is 5.46. The van der Waals surface area contributed by atoms with E-state index in [0.29, 0.717) is 35.6 Å². The predicted molar refractivity (Wildman–Crippen MR) is 187 cm³/mol. The van der Waals surface area contributed by atoms with E-state index in [-0.39, 0.29) is 40.6 Å². The zero-order valence-electron chi connectivity index (χ0n) is 28.5. The smallest absolute Gasteiger partial charge is 0.490 e. The maximum absolute atomic E-state index is 13.4. The molecule has 0 saturated heterocycles. The summed E-state index contributed by atoms with van der Waals surface area (Å²) in [6, 6.07) is 21.0. The molecule has 2 heterocycles. The molecule has 53 heavy (non-hydrogen) atoms. The van der Waals surface area contributed by atoms with Crippen LogP contribution in [0, 0.1) is 5.82 Å². The number of aromatic nitrogens is 3. The Balaban J connectivity index is 0.000000815. The minimum Gasteiger partial charge on any atom is -0.495 e. The van der Waals surface area contributed by atoms with Gasteiger partial charge in [0.1, 0.15) is 11.6 Å². The minimum absolute atomic E-state index is 0.0445. The Morgan fingerprint density at radius 1 is 1.00 bits per heavy atom. The van der Waals surface area contributed by atoms with Crippen LogP contribution in [0.5, 0.6) is 5.75 Å². The van der Waals surface area contributed by atoms with Crippen molar-refractivity contribution in [2.24, 2.45) is 5.73 Å². The van der Waals surface area contributed by atoms with Gasteiger partial charge in [0.25, 0.3) is 5.95 Å². The molecule has 280 valence electrons. The van der Waals surface area contributed by atoms with Gasteiger partial charge in [-0.1, -0.05) is 24.3 Å². The van der Waals surface area contributed by atoms with Crippen LogP contribution >= 0.6 is 0 Å². The molecule has 18 heteroatoms. The van der Waals surface area contributed by atoms with Crippen LogP contribution in [-0.2, 0) is 24.2 Å². The number of nitrogens with zero attached hydrogens (tertiary/aromatic N) is 4. The number of nitrogens with two attached hydrogens (primary N) is 1. The molecule has 0 unspecified atom stereocenters. The Kier molecular flexibility index (Phi) is 12.5. The highest BCUT2D eigenvalue weighted by Crippen LogP contribution is 2.35. The van der Waals surface area contributed by atoms with Crippen LogP contribution in [0.25, 0.3) is 16.8 Å². The lowest BCUT2D eigenvalue weighted by molar-refractivity contribution is -0.192. The first-order chi connectivity index (χ1) is 24.9. The van der Waals surface area contributed by atoms with E-state index < -0.39 is 27.9 Å². The van der Waals surface area contributed by atoms with Gasteiger partial charge in [0.2, 0.25) is 11.8 Å². The number of rotatable bonds is 11. The summed E-state index contributed by atoms with van der Waals surface area (Å²) in [5, 5.41) is 14.6. The molecule has 0 aliphatic carbocycles. The summed E-state index contributed by atoms with van der Waals surface area (Å²) in [5.41, 5.74) is 9.38. The van der Waals surface area contributed by atoms with E-state index in [2.05, 4.69) is 15.4 Å². The third kappa shape index (κ3) is 10.1. The number of hydrogen-bond acceptors (Lipinski definition) is 9. The summed E-state index contributed by atoms with van der Waals surface area (Å²) in [6.45, 7) is 2.06. The number of hydrogen-bond donors (Lipinski definition) is 3. The van der Waals surface area contributed by atoms with Crippen LogP contribution < -0.4 is 20.7 Å². The van der Waals surface area contributed by atoms with E-state index in [4.69, 9.17) is 20.4 Å². The van der Waals surface area contributed by atoms with E-state index in [1.807, 2.05) is 18.2 Å². The molecule has 0 fully saturated rings. The first kappa shape index (κ1) is 39.9. The number of halogens is 4. The largest absolute Gasteiger partial charge is 0.495 e. The zero-order chi connectivity index (χ0) is 39.1. The van der Waals surface area contributed by atoms with Crippen molar-refractivity contribution in [3.05, 3.63) is 96.4 Å². The topological polar surface area (TPSA) is 186 Å². The molecule has 13 nitrogen and oxygen atoms in total. The van der Waals surface area contributed by atoms with Gasteiger partial charge in [0.15, 0.2) is 15.5 Å². The summed E-state index contributed by atoms with van der Waals surface area (Å²) in [7, 11) is -2.13. The Morgan fingerprint density at radius 2 is 1.62 bits per heavy atom. The Bertz CT molecular complexity index is 2210. The van der Waals surface area contributed by atoms with E-state index in [1.165, 1.54) is 42.3 Å². The van der Waals surface area contributed by atoms with Gasteiger partial charge in [0, 0.05) is 36.2 Å². The molecule has 2 aromatic heterocycles. The van der Waals surface area contributed by atoms with Crippen molar-refractivity contribution in [3.8, 4) is 16.9 Å². The Labute approximate surface area is 300 Å². The number of aliphatic carboxylic acids is 1. The number of alkyl halides is 3. The maximum Gasteiger partial charge on any atom is 0.490 e. The molecule has 1 atom stereocenters. The molecular formula is C35H34F4N6O7S. The highest BCUT2D eigenvalue weighted by Gasteiger charge is 2.38. The maximum atomic E-state index is 13.4. The number of ether oxygens (including phenoxy) is 1. The number of anilines is 3. The van der Waals surface area contributed by atoms with Crippen molar-refractivity contribution in [1.29, 1.82) is 0 Å². The number of sulfone groups is 1. The molecule has 0 saturated carbocycles. The fraction of sp³-hybridized carbons (Fsp3) is 0.229. The molecule has 3 aromatic carbocycles. The van der Waals surface area contributed by atoms with Crippen LogP contribution in [0.1, 0.15) is 31.2 Å². The standard InChI is InChI=1S/C33H33FN6O5S.C2HF3O2/c1-21(22-6-11-25(34)12-7-22)32(42)36-26-13-8-23(9-14-26)24-10-17-30-37-33(38-39(30)20-24)40(31(41)5-4-18-35)28-16-15-27(46(3,43)44)19-29(28)45-2;3-2(4,5)1(6)7/h6-17,19-21H,4-5,18,35H2,1-3H3,(H,36,42);(H,6,7)/t21-;/m1./s1. The van der Waals surface area contributed by atoms with E-state index in [1.54, 1.807) is 48.0 Å². The molecule has 5 aromatic rings. The van der Waals surface area contributed by atoms with E-state index in [0.717, 1.165) is 17.4 Å². The zero-order valence-corrected chi connectivity index (χ0v) is 29.3. The van der Waals surface area contributed by atoms with Crippen molar-refractivity contribution in [2.75, 3.05) is 30.1 Å². The van der Waals surface area contributed by atoms with Crippen molar-refractivity contribution in [2.45, 2.75) is 36.8 Å². The monoisotopic (exact) mass is 758 g/mol. The summed E-state index contributed by atoms with van der Waals surface area (Å²) in [6.07, 6.45) is -1.69. The van der Waals surface area contributed by atoms with Crippen LogP contribution in [0.4, 0.5) is 34.9 Å². The molecule has 0 spiro atoms. The first-order valence-corrected chi connectivity index (χ1v) is 17.6. The second kappa shape index (κ2) is 16.6. The number of fused-ring (bicyclic) bond motifs is 1. The number of carboxylic acids is 1. The average Bonchev–Trinajstić information content (AvgIpc) is 3.53. The molecule has 4 N–H and O–H groups in total. The molecule has 0 radical (unpaired) electrons. The number of carboxylic acid groups (broad SMARTS) is 1. The van der Waals surface area contributed by atoms with Gasteiger partial charge in [-0.05, 0) is 79.5 Å². The summed E-state index contributed by atoms with van der Waals surface area (Å²) >= 11 is 0. The molecule has 5 rings (SSSR count). The number of methoxy groups -OCH3 is 1. The predicted octanol–water partition coefficient (Wildman–Crippen LogP) is 5.73. The molecule has 0 aliphatic heterocycles. The fourth-order valence-electron chi connectivity index (χ4n) is 4.83. The van der Waals surface area contributed by atoms with E-state index in [9.17, 15) is 35.6 Å². The van der Waals surface area contributed by atoms with E-state index >= 15 is 0 Å². The van der Waals surface area contributed by atoms with Crippen molar-refractivity contribution < 1.29 is 50.2 Å². The lowest BCUT2D eigenvalue weighted by Crippen LogP contribution is -2.28. The SMILES string of the molecule is COc1cc(S(C)(=O)=O)ccc1N(C(=O)CCCN)c1nc2ccc(-c3ccc(NC(=O)[C@H](C)c4ccc(F)cc4)cc3)cn2n1.O=C(O)C(F)(F)F. The van der Waals surface area contributed by atoms with Gasteiger partial charge >= 0.3 is 12.1 Å². The van der Waals surface area contributed by atoms with Crippen LogP contribution in [0.15, 0.2) is 90.0 Å². The molecule has 0 bridgehead atoms. The van der Waals surface area contributed by atoms with Gasteiger partial charge in [-0.15, -0.1) is 5.10 Å². The van der Waals surface area contributed by atoms with Crippen LogP contribution in [-0.4, -0.2) is 72.0 Å². The summed E-state index contributed by atoms with van der Waals surface area (Å²) in [5.74, 6) is -3.89. The van der Waals surface area contributed by atoms with Gasteiger partial charge < -0.3 is 20.9 Å². The lowest BCUT2D eigenvalue weighted by Gasteiger charge is -2.22. The number of nitrogens with one attached hydrogen (secondary N) is 1. The number of pyridine rings is 1. The lowest BCUT2D eigenvalue weighted by atomic mass is 10.00. The highest BCUT2D eigenvalue weighted by atomic mass is 32.2. The molecule has 0 aliphatic rings. The number of carbonyl (C=O) groups excluding carboxylic acids is 2. The molecule has 2 amide bonds. The van der Waals surface area contributed by atoms with Crippen LogP contribution in [0.2, 0.25) is 0 Å². The summed E-state index contributed by atoms with van der Waals surface area (Å²) < 4.78 is 76.3. The number of carbonyl (C=O) groups is 3. The Morgan fingerprint density at radius 3 is 2.19 bits per heavy atom. The summed E-state index contributed by atoms with van der Waals surface area (Å²) in [4.78, 5) is 41.0. The highest BCUT2D eigenvalue weighted by molar-refractivity contribution is 7.90. The number of benzene rings is 3. The second-order valence-electron chi connectivity index (χ2n) is 11.5. The normalized spacial score (nSPS) is 12.0. The van der Waals surface area contributed by atoms with Crippen molar-refractivity contribution in [3.63, 3.8) is 0 Å². The van der Waals surface area contributed by atoms with Crippen molar-refractivity contribution in [1.82, 2.24) is 14.6 Å². The third-order valence-corrected chi connectivity index (χ3v) is 8.79.